The van der Waals surface area contributed by atoms with Gasteiger partial charge in [-0.05, 0) is 22.3 Å². The maximum Gasteiger partial charge on any atom is 0.265 e. The van der Waals surface area contributed by atoms with E-state index in [2.05, 4.69) is 58.2 Å². The van der Waals surface area contributed by atoms with Gasteiger partial charge in [0.15, 0.2) is 0 Å². The van der Waals surface area contributed by atoms with Gasteiger partial charge in [-0.15, -0.1) is 4.68 Å². The zero-order valence-corrected chi connectivity index (χ0v) is 14.8. The molecule has 3 rings (SSSR count). The van der Waals surface area contributed by atoms with Crippen molar-refractivity contribution >= 4 is 0 Å². The first kappa shape index (κ1) is 17.3. The fourth-order valence-corrected chi connectivity index (χ4v) is 2.74. The Hall–Kier alpha value is -2.50. The van der Waals surface area contributed by atoms with Gasteiger partial charge >= 0.3 is 0 Å². The van der Waals surface area contributed by atoms with Gasteiger partial charge in [-0.3, -0.25) is 0 Å². The smallest absolute Gasteiger partial charge is 0.265 e. The van der Waals surface area contributed by atoms with E-state index in [4.69, 9.17) is 9.47 Å². The van der Waals surface area contributed by atoms with Crippen LogP contribution in [-0.2, 0) is 35.8 Å². The summed E-state index contributed by atoms with van der Waals surface area (Å²) in [5.74, 6) is 0. The Labute approximate surface area is 148 Å². The first-order chi connectivity index (χ1) is 12.3. The lowest BCUT2D eigenvalue weighted by Crippen LogP contribution is -2.31. The summed E-state index contributed by atoms with van der Waals surface area (Å²) in [6, 6.07) is 16.9. The van der Waals surface area contributed by atoms with Crippen LogP contribution in [-0.4, -0.2) is 24.0 Å². The van der Waals surface area contributed by atoms with E-state index in [0.717, 1.165) is 13.1 Å². The number of rotatable bonds is 8. The predicted octanol–water partition coefficient (Wildman–Crippen LogP) is 2.56. The van der Waals surface area contributed by atoms with Crippen LogP contribution in [0.25, 0.3) is 0 Å². The molecule has 0 N–H and O–H groups in total. The van der Waals surface area contributed by atoms with Crippen LogP contribution in [0.15, 0.2) is 61.2 Å². The van der Waals surface area contributed by atoms with Crippen LogP contribution in [0.2, 0.25) is 0 Å². The van der Waals surface area contributed by atoms with Gasteiger partial charge in [0.05, 0.1) is 19.8 Å². The van der Waals surface area contributed by atoms with E-state index >= 15 is 0 Å². The maximum absolute atomic E-state index is 5.14. The minimum absolute atomic E-state index is 0.644. The molecule has 1 heterocycles. The van der Waals surface area contributed by atoms with Crippen LogP contribution >= 0.6 is 0 Å². The Morgan fingerprint density at radius 3 is 1.88 bits per heavy atom. The van der Waals surface area contributed by atoms with Crippen LogP contribution in [0.5, 0.6) is 0 Å². The van der Waals surface area contributed by atoms with E-state index in [-0.39, 0.29) is 0 Å². The molecule has 25 heavy (non-hydrogen) atoms. The normalized spacial score (nSPS) is 11.0. The molecule has 130 valence electrons. The van der Waals surface area contributed by atoms with Crippen molar-refractivity contribution in [3.05, 3.63) is 83.4 Å². The van der Waals surface area contributed by atoms with Gasteiger partial charge in [0.25, 0.3) is 6.33 Å². The molecule has 2 aromatic carbocycles. The van der Waals surface area contributed by atoms with Crippen LogP contribution in [0.3, 0.4) is 0 Å². The van der Waals surface area contributed by atoms with E-state index in [1.165, 1.54) is 22.3 Å². The fraction of sp³-hybridized carbons (Fsp3) is 0.300. The van der Waals surface area contributed by atoms with E-state index in [1.807, 2.05) is 17.3 Å². The first-order valence-corrected chi connectivity index (χ1v) is 8.32. The highest BCUT2D eigenvalue weighted by Crippen LogP contribution is 2.07. The van der Waals surface area contributed by atoms with Crippen LogP contribution in [0, 0.1) is 0 Å². The number of aromatic nitrogens is 3. The van der Waals surface area contributed by atoms with Gasteiger partial charge in [0, 0.05) is 19.3 Å². The van der Waals surface area contributed by atoms with E-state index in [0.29, 0.717) is 13.2 Å². The second-order valence-corrected chi connectivity index (χ2v) is 6.12. The summed E-state index contributed by atoms with van der Waals surface area (Å²) < 4.78 is 14.3. The molecule has 5 nitrogen and oxygen atoms in total. The van der Waals surface area contributed by atoms with Crippen LogP contribution in [0.1, 0.15) is 22.3 Å². The average Bonchev–Trinajstić information content (AvgIpc) is 3.06. The molecule has 0 spiro atoms. The summed E-state index contributed by atoms with van der Waals surface area (Å²) in [6.45, 7) is 2.85. The van der Waals surface area contributed by atoms with Crippen molar-refractivity contribution in [2.24, 2.45) is 0 Å². The second-order valence-electron chi connectivity index (χ2n) is 6.12. The number of nitrogens with zero attached hydrogens (tertiary/aromatic N) is 3. The Bertz CT molecular complexity index is 713. The van der Waals surface area contributed by atoms with E-state index < -0.39 is 0 Å². The number of methoxy groups -OCH3 is 2. The average molecular weight is 338 g/mol. The SMILES string of the molecule is COCc1ccc(Cn2c[n+](Cc3ccc(COC)cc3)cn2)cc1. The molecule has 0 bridgehead atoms. The monoisotopic (exact) mass is 338 g/mol. The third-order valence-electron chi connectivity index (χ3n) is 4.01. The standard InChI is InChI=1S/C20H24N3O2/c1-24-13-19-7-3-17(4-8-19)11-22-15-21-23(16-22)12-18-5-9-20(10-6-18)14-25-2/h3-10,15-16H,11-14H2,1-2H3/q+1. The highest BCUT2D eigenvalue weighted by Gasteiger charge is 2.08. The Morgan fingerprint density at radius 1 is 0.800 bits per heavy atom. The summed E-state index contributed by atoms with van der Waals surface area (Å²) in [5, 5.41) is 4.45. The van der Waals surface area contributed by atoms with Crippen molar-refractivity contribution in [3.8, 4) is 0 Å². The first-order valence-electron chi connectivity index (χ1n) is 8.32. The maximum atomic E-state index is 5.14. The third kappa shape index (κ3) is 4.98. The molecular formula is C20H24N3O2+. The predicted molar refractivity (Wildman–Crippen MR) is 94.9 cm³/mol. The number of benzene rings is 2. The van der Waals surface area contributed by atoms with Crippen molar-refractivity contribution in [3.63, 3.8) is 0 Å². The van der Waals surface area contributed by atoms with Gasteiger partial charge < -0.3 is 9.47 Å². The summed E-state index contributed by atoms with van der Waals surface area (Å²) in [5.41, 5.74) is 4.83. The third-order valence-corrected chi connectivity index (χ3v) is 4.01. The van der Waals surface area contributed by atoms with E-state index in [1.54, 1.807) is 14.2 Å². The second kappa shape index (κ2) is 8.55. The topological polar surface area (TPSA) is 40.2 Å². The van der Waals surface area contributed by atoms with Gasteiger partial charge in [-0.2, -0.15) is 0 Å². The molecule has 0 unspecified atom stereocenters. The lowest BCUT2D eigenvalue weighted by atomic mass is 10.1. The molecular weight excluding hydrogens is 314 g/mol. The molecule has 0 saturated carbocycles. The van der Waals surface area contributed by atoms with Gasteiger partial charge in [0.1, 0.15) is 6.54 Å². The van der Waals surface area contributed by atoms with Crippen molar-refractivity contribution in [2.75, 3.05) is 14.2 Å². The zero-order valence-electron chi connectivity index (χ0n) is 14.8. The molecule has 0 aliphatic heterocycles. The minimum Gasteiger partial charge on any atom is -0.380 e. The van der Waals surface area contributed by atoms with Crippen LogP contribution < -0.4 is 4.57 Å². The molecule has 0 fully saturated rings. The number of hydrogen-bond acceptors (Lipinski definition) is 3. The molecule has 0 aliphatic rings. The minimum atomic E-state index is 0.644. The molecule has 0 radical (unpaired) electrons. The lowest BCUT2D eigenvalue weighted by molar-refractivity contribution is -0.689. The number of ether oxygens (including phenoxy) is 2. The fourth-order valence-electron chi connectivity index (χ4n) is 2.74. The van der Waals surface area contributed by atoms with Crippen molar-refractivity contribution < 1.29 is 14.0 Å². The molecule has 0 amide bonds. The summed E-state index contributed by atoms with van der Waals surface area (Å²) in [7, 11) is 3.42. The van der Waals surface area contributed by atoms with Crippen molar-refractivity contribution in [2.45, 2.75) is 26.3 Å². The Kier molecular flexibility index (Phi) is 5.93. The number of hydrogen-bond donors (Lipinski definition) is 0. The summed E-state index contributed by atoms with van der Waals surface area (Å²) in [4.78, 5) is 0. The highest BCUT2D eigenvalue weighted by molar-refractivity contribution is 5.22. The Balaban J connectivity index is 1.60. The molecule has 5 heteroatoms. The van der Waals surface area contributed by atoms with Crippen molar-refractivity contribution in [1.29, 1.82) is 0 Å². The summed E-state index contributed by atoms with van der Waals surface area (Å²) >= 11 is 0. The van der Waals surface area contributed by atoms with E-state index in [9.17, 15) is 0 Å². The quantitative estimate of drug-likeness (QED) is 0.593. The van der Waals surface area contributed by atoms with Gasteiger partial charge in [-0.1, -0.05) is 48.5 Å². The molecule has 0 saturated heterocycles. The molecule has 1 aromatic heterocycles. The largest absolute Gasteiger partial charge is 0.380 e. The summed E-state index contributed by atoms with van der Waals surface area (Å²) in [6.07, 6.45) is 3.90. The van der Waals surface area contributed by atoms with Gasteiger partial charge in [-0.25, -0.2) is 4.57 Å². The zero-order chi connectivity index (χ0) is 17.5. The molecule has 0 aliphatic carbocycles. The Morgan fingerprint density at radius 2 is 1.32 bits per heavy atom. The van der Waals surface area contributed by atoms with Gasteiger partial charge in [0.2, 0.25) is 6.33 Å². The molecule has 0 atom stereocenters. The van der Waals surface area contributed by atoms with Crippen molar-refractivity contribution in [1.82, 2.24) is 9.78 Å². The highest BCUT2D eigenvalue weighted by atomic mass is 16.5. The van der Waals surface area contributed by atoms with Crippen LogP contribution in [0.4, 0.5) is 0 Å². The molecule has 3 aromatic rings. The lowest BCUT2D eigenvalue weighted by Gasteiger charge is -2.02.